The highest BCUT2D eigenvalue weighted by Crippen LogP contribution is 2.14. The molecule has 1 rings (SSSR count). The second-order valence-electron chi connectivity index (χ2n) is 2.19. The molecule has 0 atom stereocenters. The van der Waals surface area contributed by atoms with Crippen molar-refractivity contribution in [3.63, 3.8) is 0 Å². The van der Waals surface area contributed by atoms with Crippen LogP contribution in [0.15, 0.2) is 35.9 Å². The van der Waals surface area contributed by atoms with Gasteiger partial charge in [-0.2, -0.15) is 0 Å². The van der Waals surface area contributed by atoms with Gasteiger partial charge in [0, 0.05) is 5.54 Å². The molecule has 0 unspecified atom stereocenters. The number of carbonyl (C=O) groups is 1. The van der Waals surface area contributed by atoms with Crippen LogP contribution in [0, 0.1) is 0 Å². The number of carboxylic acids is 1. The second-order valence-corrected chi connectivity index (χ2v) is 2.41. The summed E-state index contributed by atoms with van der Waals surface area (Å²) in [7, 11) is 0. The number of rotatable bonds is 2. The van der Waals surface area contributed by atoms with Gasteiger partial charge in [-0.1, -0.05) is 41.9 Å². The van der Waals surface area contributed by atoms with E-state index >= 15 is 0 Å². The maximum Gasteiger partial charge on any atom is 0.337 e. The Morgan fingerprint density at radius 3 is 2.33 bits per heavy atom. The first-order valence-electron chi connectivity index (χ1n) is 3.35. The molecule has 0 aromatic heterocycles. The molecule has 0 heterocycles. The summed E-state index contributed by atoms with van der Waals surface area (Å²) in [5, 5.41) is 8.67. The third-order valence-corrected chi connectivity index (χ3v) is 1.64. The van der Waals surface area contributed by atoms with Crippen LogP contribution in [0.1, 0.15) is 5.56 Å². The Bertz CT molecular complexity index is 304. The van der Waals surface area contributed by atoms with Crippen LogP contribution in [-0.4, -0.2) is 11.1 Å². The Morgan fingerprint density at radius 2 is 1.92 bits per heavy atom. The SMILES string of the molecule is O=C(O)C(=CCl)c1ccccc1. The summed E-state index contributed by atoms with van der Waals surface area (Å²) >= 11 is 5.35. The summed E-state index contributed by atoms with van der Waals surface area (Å²) in [4.78, 5) is 10.6. The van der Waals surface area contributed by atoms with E-state index in [1.807, 2.05) is 6.07 Å². The number of aliphatic carboxylic acids is 1. The summed E-state index contributed by atoms with van der Waals surface area (Å²) in [6, 6.07) is 8.74. The van der Waals surface area contributed by atoms with E-state index in [1.54, 1.807) is 24.3 Å². The zero-order chi connectivity index (χ0) is 8.97. The van der Waals surface area contributed by atoms with Crippen LogP contribution in [0.3, 0.4) is 0 Å². The van der Waals surface area contributed by atoms with Gasteiger partial charge in [-0.15, -0.1) is 0 Å². The monoisotopic (exact) mass is 182 g/mol. The van der Waals surface area contributed by atoms with Gasteiger partial charge in [-0.05, 0) is 5.56 Å². The molecular weight excluding hydrogens is 176 g/mol. The Kier molecular flexibility index (Phi) is 2.88. The molecule has 3 heteroatoms. The van der Waals surface area contributed by atoms with Gasteiger partial charge >= 0.3 is 5.97 Å². The fourth-order valence-electron chi connectivity index (χ4n) is 0.851. The minimum absolute atomic E-state index is 0.109. The van der Waals surface area contributed by atoms with Gasteiger partial charge in [0.25, 0.3) is 0 Å². The third kappa shape index (κ3) is 1.86. The van der Waals surface area contributed by atoms with E-state index in [0.29, 0.717) is 5.56 Å². The molecular formula is C9H7ClO2. The predicted molar refractivity (Wildman–Crippen MR) is 47.9 cm³/mol. The lowest BCUT2D eigenvalue weighted by molar-refractivity contribution is -0.130. The summed E-state index contributed by atoms with van der Waals surface area (Å²) in [5.74, 6) is -1.02. The largest absolute Gasteiger partial charge is 0.478 e. The van der Waals surface area contributed by atoms with E-state index in [0.717, 1.165) is 5.54 Å². The molecule has 12 heavy (non-hydrogen) atoms. The zero-order valence-electron chi connectivity index (χ0n) is 6.20. The fourth-order valence-corrected chi connectivity index (χ4v) is 1.07. The van der Waals surface area contributed by atoms with Crippen LogP contribution in [0.4, 0.5) is 0 Å². The van der Waals surface area contributed by atoms with Crippen molar-refractivity contribution in [3.05, 3.63) is 41.4 Å². The summed E-state index contributed by atoms with van der Waals surface area (Å²) in [5.41, 5.74) is 1.79. The number of benzene rings is 1. The molecule has 0 aliphatic carbocycles. The quantitative estimate of drug-likeness (QED) is 0.713. The summed E-state index contributed by atoms with van der Waals surface area (Å²) < 4.78 is 0. The maximum absolute atomic E-state index is 10.6. The molecule has 0 saturated heterocycles. The molecule has 0 bridgehead atoms. The maximum atomic E-state index is 10.6. The molecule has 0 aliphatic rings. The second kappa shape index (κ2) is 3.93. The van der Waals surface area contributed by atoms with Crippen molar-refractivity contribution < 1.29 is 9.90 Å². The highest BCUT2D eigenvalue weighted by molar-refractivity contribution is 6.34. The fraction of sp³-hybridized carbons (Fsp3) is 0. The van der Waals surface area contributed by atoms with E-state index < -0.39 is 5.97 Å². The van der Waals surface area contributed by atoms with Crippen LogP contribution < -0.4 is 0 Å². The average molecular weight is 183 g/mol. The molecule has 1 aromatic carbocycles. The highest BCUT2D eigenvalue weighted by Gasteiger charge is 2.07. The minimum atomic E-state index is -1.02. The number of halogens is 1. The van der Waals surface area contributed by atoms with Gasteiger partial charge < -0.3 is 5.11 Å². The van der Waals surface area contributed by atoms with Gasteiger partial charge in [-0.25, -0.2) is 4.79 Å². The van der Waals surface area contributed by atoms with Crippen molar-refractivity contribution >= 4 is 23.1 Å². The molecule has 1 N–H and O–H groups in total. The number of hydrogen-bond donors (Lipinski definition) is 1. The van der Waals surface area contributed by atoms with Crippen molar-refractivity contribution in [2.24, 2.45) is 0 Å². The smallest absolute Gasteiger partial charge is 0.337 e. The molecule has 0 amide bonds. The van der Waals surface area contributed by atoms with Crippen LogP contribution in [-0.2, 0) is 4.79 Å². The Balaban J connectivity index is 3.05. The van der Waals surface area contributed by atoms with Gasteiger partial charge in [-0.3, -0.25) is 0 Å². The lowest BCUT2D eigenvalue weighted by Crippen LogP contribution is -1.98. The minimum Gasteiger partial charge on any atom is -0.478 e. The number of carboxylic acid groups (broad SMARTS) is 1. The molecule has 0 aliphatic heterocycles. The first-order chi connectivity index (χ1) is 5.75. The Morgan fingerprint density at radius 1 is 1.33 bits per heavy atom. The molecule has 0 fully saturated rings. The average Bonchev–Trinajstić information content (AvgIpc) is 2.07. The van der Waals surface area contributed by atoms with Crippen LogP contribution >= 0.6 is 11.6 Å². The molecule has 0 spiro atoms. The first kappa shape index (κ1) is 8.81. The van der Waals surface area contributed by atoms with Crippen LogP contribution in [0.5, 0.6) is 0 Å². The number of hydrogen-bond acceptors (Lipinski definition) is 1. The predicted octanol–water partition coefficient (Wildman–Crippen LogP) is 2.35. The molecule has 2 nitrogen and oxygen atoms in total. The van der Waals surface area contributed by atoms with E-state index in [-0.39, 0.29) is 5.57 Å². The van der Waals surface area contributed by atoms with E-state index in [1.165, 1.54) is 0 Å². The molecule has 0 radical (unpaired) electrons. The van der Waals surface area contributed by atoms with Crippen molar-refractivity contribution in [2.75, 3.05) is 0 Å². The topological polar surface area (TPSA) is 37.3 Å². The van der Waals surface area contributed by atoms with Gasteiger partial charge in [0.2, 0.25) is 0 Å². The van der Waals surface area contributed by atoms with Gasteiger partial charge in [0.15, 0.2) is 0 Å². The normalized spacial score (nSPS) is 11.2. The van der Waals surface area contributed by atoms with E-state index in [2.05, 4.69) is 0 Å². The van der Waals surface area contributed by atoms with E-state index in [9.17, 15) is 4.79 Å². The van der Waals surface area contributed by atoms with Crippen molar-refractivity contribution in [1.82, 2.24) is 0 Å². The summed E-state index contributed by atoms with van der Waals surface area (Å²) in [6.07, 6.45) is 0. The lowest BCUT2D eigenvalue weighted by atomic mass is 10.1. The van der Waals surface area contributed by atoms with Crippen molar-refractivity contribution in [3.8, 4) is 0 Å². The molecule has 0 saturated carbocycles. The third-order valence-electron chi connectivity index (χ3n) is 1.42. The van der Waals surface area contributed by atoms with E-state index in [4.69, 9.17) is 16.7 Å². The highest BCUT2D eigenvalue weighted by atomic mass is 35.5. The Hall–Kier alpha value is -1.28. The van der Waals surface area contributed by atoms with Crippen molar-refractivity contribution in [1.29, 1.82) is 0 Å². The molecule has 62 valence electrons. The van der Waals surface area contributed by atoms with Crippen LogP contribution in [0.2, 0.25) is 0 Å². The molecule has 1 aromatic rings. The van der Waals surface area contributed by atoms with Gasteiger partial charge in [0.1, 0.15) is 0 Å². The van der Waals surface area contributed by atoms with Crippen LogP contribution in [0.25, 0.3) is 5.57 Å². The first-order valence-corrected chi connectivity index (χ1v) is 3.78. The Labute approximate surface area is 75.1 Å². The zero-order valence-corrected chi connectivity index (χ0v) is 6.95. The lowest BCUT2D eigenvalue weighted by Gasteiger charge is -1.98. The summed E-state index contributed by atoms with van der Waals surface area (Å²) in [6.45, 7) is 0. The standard InChI is InChI=1S/C9H7ClO2/c10-6-8(9(11)12)7-4-2-1-3-5-7/h1-6H,(H,11,12). The van der Waals surface area contributed by atoms with Gasteiger partial charge in [0.05, 0.1) is 5.57 Å². The van der Waals surface area contributed by atoms with Crippen molar-refractivity contribution in [2.45, 2.75) is 0 Å².